The maximum Gasteiger partial charge on any atom is 0.418 e. The lowest BCUT2D eigenvalue weighted by Gasteiger charge is -2.12. The van der Waals surface area contributed by atoms with Gasteiger partial charge in [-0.1, -0.05) is 6.07 Å². The van der Waals surface area contributed by atoms with Gasteiger partial charge in [0.1, 0.15) is 0 Å². The maximum atomic E-state index is 13.0. The minimum atomic E-state index is -4.59. The highest BCUT2D eigenvalue weighted by Gasteiger charge is 2.33. The van der Waals surface area contributed by atoms with Gasteiger partial charge in [-0.3, -0.25) is 4.79 Å². The van der Waals surface area contributed by atoms with Crippen molar-refractivity contribution in [1.29, 1.82) is 0 Å². The number of carbonyl (C=O) groups is 1. The third-order valence-electron chi connectivity index (χ3n) is 3.00. The van der Waals surface area contributed by atoms with Crippen LogP contribution in [0, 0.1) is 0 Å². The summed E-state index contributed by atoms with van der Waals surface area (Å²) in [4.78, 5) is 23.6. The third-order valence-corrected chi connectivity index (χ3v) is 3.00. The number of fused-ring (bicyclic) bond motifs is 1. The Morgan fingerprint density at radius 1 is 1.29 bits per heavy atom. The first kappa shape index (κ1) is 15.1. The van der Waals surface area contributed by atoms with Gasteiger partial charge in [0, 0.05) is 24.0 Å². The average molecular weight is 299 g/mol. The Hall–Kier alpha value is -2.31. The molecule has 0 aliphatic heterocycles. The lowest BCUT2D eigenvalue weighted by molar-refractivity contribution is -0.136. The fourth-order valence-electron chi connectivity index (χ4n) is 2.04. The number of rotatable bonds is 2. The zero-order chi connectivity index (χ0) is 15.8. The number of carbonyl (C=O) groups excluding carboxylic acids is 1. The van der Waals surface area contributed by atoms with Crippen LogP contribution >= 0.6 is 0 Å². The van der Waals surface area contributed by atoms with Crippen molar-refractivity contribution in [3.05, 3.63) is 45.9 Å². The number of alkyl halides is 3. The number of ether oxygens (including phenoxy) is 1. The predicted molar refractivity (Wildman–Crippen MR) is 70.1 cm³/mol. The molecule has 112 valence electrons. The van der Waals surface area contributed by atoms with Gasteiger partial charge in [0.05, 0.1) is 17.7 Å². The molecule has 7 heteroatoms. The summed E-state index contributed by atoms with van der Waals surface area (Å²) >= 11 is 0. The Morgan fingerprint density at radius 2 is 1.95 bits per heavy atom. The van der Waals surface area contributed by atoms with Crippen LogP contribution in [0.25, 0.3) is 10.8 Å². The van der Waals surface area contributed by atoms with Gasteiger partial charge in [-0.15, -0.1) is 0 Å². The molecular weight excluding hydrogens is 287 g/mol. The molecule has 0 radical (unpaired) electrons. The summed E-state index contributed by atoms with van der Waals surface area (Å²) in [6, 6.07) is 3.46. The van der Waals surface area contributed by atoms with Gasteiger partial charge in [0.25, 0.3) is 5.56 Å². The molecule has 4 nitrogen and oxygen atoms in total. The van der Waals surface area contributed by atoms with E-state index in [9.17, 15) is 22.8 Å². The van der Waals surface area contributed by atoms with Gasteiger partial charge in [0.15, 0.2) is 0 Å². The Kier molecular flexibility index (Phi) is 3.76. The van der Waals surface area contributed by atoms with Gasteiger partial charge in [-0.2, -0.15) is 13.2 Å². The predicted octanol–water partition coefficient (Wildman–Crippen LogP) is 2.73. The molecule has 0 fully saturated rings. The Bertz CT molecular complexity index is 762. The van der Waals surface area contributed by atoms with E-state index in [2.05, 4.69) is 0 Å². The van der Waals surface area contributed by atoms with E-state index in [1.807, 2.05) is 0 Å². The molecule has 1 aromatic heterocycles. The summed E-state index contributed by atoms with van der Waals surface area (Å²) in [6.45, 7) is 1.75. The maximum absolute atomic E-state index is 13.0. The number of aromatic nitrogens is 1. The number of nitrogens with zero attached hydrogens (tertiary/aromatic N) is 1. The molecule has 1 heterocycles. The van der Waals surface area contributed by atoms with E-state index < -0.39 is 23.3 Å². The van der Waals surface area contributed by atoms with E-state index in [1.54, 1.807) is 6.92 Å². The van der Waals surface area contributed by atoms with E-state index in [4.69, 9.17) is 4.74 Å². The largest absolute Gasteiger partial charge is 0.462 e. The summed E-state index contributed by atoms with van der Waals surface area (Å²) in [6.07, 6.45) is -3.84. The number of hydrogen-bond donors (Lipinski definition) is 0. The number of esters is 1. The first-order valence-corrected chi connectivity index (χ1v) is 6.13. The lowest BCUT2D eigenvalue weighted by Crippen LogP contribution is -2.21. The molecule has 0 amide bonds. The minimum absolute atomic E-state index is 0.0424. The molecule has 0 aliphatic carbocycles. The van der Waals surface area contributed by atoms with Gasteiger partial charge in [0.2, 0.25) is 0 Å². The van der Waals surface area contributed by atoms with Crippen molar-refractivity contribution in [2.24, 2.45) is 7.05 Å². The minimum Gasteiger partial charge on any atom is -0.462 e. The highest BCUT2D eigenvalue weighted by Crippen LogP contribution is 2.33. The van der Waals surface area contributed by atoms with Crippen LogP contribution in [-0.4, -0.2) is 17.1 Å². The topological polar surface area (TPSA) is 48.3 Å². The Labute approximate surface area is 117 Å². The molecular formula is C14H12F3NO3. The Balaban J connectivity index is 2.76. The monoisotopic (exact) mass is 299 g/mol. The number of aryl methyl sites for hydroxylation is 1. The third kappa shape index (κ3) is 2.76. The van der Waals surface area contributed by atoms with Crippen LogP contribution in [0.15, 0.2) is 29.2 Å². The van der Waals surface area contributed by atoms with E-state index in [1.165, 1.54) is 13.1 Å². The molecule has 2 aromatic rings. The SMILES string of the molecule is CCOC(=O)c1ccc2c(C(F)(F)F)cn(C)c(=O)c2c1. The first-order chi connectivity index (χ1) is 9.75. The van der Waals surface area contributed by atoms with Crippen molar-refractivity contribution >= 4 is 16.7 Å². The van der Waals surface area contributed by atoms with Crippen LogP contribution in [0.2, 0.25) is 0 Å². The summed E-state index contributed by atoms with van der Waals surface area (Å²) in [5.41, 5.74) is -1.49. The number of pyridine rings is 1. The zero-order valence-corrected chi connectivity index (χ0v) is 11.3. The van der Waals surface area contributed by atoms with E-state index in [0.29, 0.717) is 0 Å². The fraction of sp³-hybridized carbons (Fsp3) is 0.286. The van der Waals surface area contributed by atoms with Crippen LogP contribution in [0.4, 0.5) is 13.2 Å². The number of hydrogen-bond acceptors (Lipinski definition) is 3. The zero-order valence-electron chi connectivity index (χ0n) is 11.3. The van der Waals surface area contributed by atoms with Gasteiger partial charge in [-0.05, 0) is 19.1 Å². The quantitative estimate of drug-likeness (QED) is 0.801. The van der Waals surface area contributed by atoms with Crippen molar-refractivity contribution in [1.82, 2.24) is 4.57 Å². The number of benzene rings is 1. The van der Waals surface area contributed by atoms with E-state index >= 15 is 0 Å². The van der Waals surface area contributed by atoms with Crippen molar-refractivity contribution in [2.45, 2.75) is 13.1 Å². The second kappa shape index (κ2) is 5.23. The lowest BCUT2D eigenvalue weighted by atomic mass is 10.0. The molecule has 0 aliphatic rings. The molecule has 1 aromatic carbocycles. The second-order valence-corrected chi connectivity index (χ2v) is 4.44. The molecule has 0 N–H and O–H groups in total. The summed E-state index contributed by atoms with van der Waals surface area (Å²) in [7, 11) is 1.23. The molecule has 2 rings (SSSR count). The number of halogens is 3. The van der Waals surface area contributed by atoms with E-state index in [0.717, 1.165) is 22.9 Å². The van der Waals surface area contributed by atoms with Crippen molar-refractivity contribution in [2.75, 3.05) is 6.61 Å². The summed E-state index contributed by atoms with van der Waals surface area (Å²) in [5, 5.41) is -0.406. The van der Waals surface area contributed by atoms with Crippen LogP contribution in [0.5, 0.6) is 0 Å². The Morgan fingerprint density at radius 3 is 2.52 bits per heavy atom. The summed E-state index contributed by atoms with van der Waals surface area (Å²) < 4.78 is 44.6. The summed E-state index contributed by atoms with van der Waals surface area (Å²) in [5.74, 6) is -0.682. The highest BCUT2D eigenvalue weighted by molar-refractivity contribution is 5.96. The van der Waals surface area contributed by atoms with Gasteiger partial charge < -0.3 is 9.30 Å². The highest BCUT2D eigenvalue weighted by atomic mass is 19.4. The van der Waals surface area contributed by atoms with Gasteiger partial charge in [-0.25, -0.2) is 4.79 Å². The van der Waals surface area contributed by atoms with Crippen LogP contribution in [0.3, 0.4) is 0 Å². The first-order valence-electron chi connectivity index (χ1n) is 6.13. The normalized spacial score (nSPS) is 11.7. The molecule has 0 saturated heterocycles. The van der Waals surface area contributed by atoms with Crippen molar-refractivity contribution in [3.8, 4) is 0 Å². The smallest absolute Gasteiger partial charge is 0.418 e. The molecule has 0 unspecified atom stereocenters. The second-order valence-electron chi connectivity index (χ2n) is 4.44. The van der Waals surface area contributed by atoms with E-state index in [-0.39, 0.29) is 22.9 Å². The molecule has 21 heavy (non-hydrogen) atoms. The molecule has 0 bridgehead atoms. The van der Waals surface area contributed by atoms with Crippen LogP contribution in [0.1, 0.15) is 22.8 Å². The molecule has 0 atom stereocenters. The standard InChI is InChI=1S/C14H12F3NO3/c1-3-21-13(20)8-4-5-9-10(6-8)12(19)18(2)7-11(9)14(15,16)17/h4-7H,3H2,1-2H3. The van der Waals surface area contributed by atoms with Gasteiger partial charge >= 0.3 is 12.1 Å². The average Bonchev–Trinajstić information content (AvgIpc) is 2.41. The van der Waals surface area contributed by atoms with Crippen molar-refractivity contribution < 1.29 is 22.7 Å². The van der Waals surface area contributed by atoms with Crippen molar-refractivity contribution in [3.63, 3.8) is 0 Å². The van der Waals surface area contributed by atoms with Crippen LogP contribution < -0.4 is 5.56 Å². The fourth-order valence-corrected chi connectivity index (χ4v) is 2.04. The molecule has 0 saturated carbocycles. The molecule has 0 spiro atoms. The van der Waals surface area contributed by atoms with Crippen LogP contribution in [-0.2, 0) is 18.0 Å².